The molecule has 60 heavy (non-hydrogen) atoms. The third kappa shape index (κ3) is 8.71. The summed E-state index contributed by atoms with van der Waals surface area (Å²) in [6.07, 6.45) is 8.74. The van der Waals surface area contributed by atoms with E-state index < -0.39 is 11.9 Å². The highest BCUT2D eigenvalue weighted by molar-refractivity contribution is 6.45. The summed E-state index contributed by atoms with van der Waals surface area (Å²) in [6.45, 7) is 14.5. The third-order valence-corrected chi connectivity index (χ3v) is 11.9. The standard InChI is InChI=1S/C44H56N8O8/c1-6-29-25(2)33-22-37-31(24-46-60-20-19-57-15-9-45)27(4)32(48-37)21-34-26(3)30(7-8-38(54)59-18-14-53)41(49-34)40-42-39(28(5)35(50-42)23-36(29)47-33)43(55)52(44(40)56)11-10-51-12-16-58-17-13-51/h21-24,26,30,46,49,53H,6-20,45H2,1-5H3/t26-,30-/m0/s1. The van der Waals surface area contributed by atoms with Crippen LogP contribution >= 0.6 is 0 Å². The number of ether oxygens (including phenoxy) is 3. The van der Waals surface area contributed by atoms with Gasteiger partial charge in [0, 0.05) is 74.1 Å². The van der Waals surface area contributed by atoms with E-state index in [1.54, 1.807) is 6.20 Å². The number of rotatable bonds is 16. The molecule has 5 N–H and O–H groups in total. The van der Waals surface area contributed by atoms with Crippen LogP contribution in [-0.4, -0.2) is 129 Å². The van der Waals surface area contributed by atoms with Crippen molar-refractivity contribution < 1.29 is 38.5 Å². The van der Waals surface area contributed by atoms with E-state index in [2.05, 4.69) is 22.6 Å². The molecule has 3 saturated heterocycles. The number of carbonyl (C=O) groups excluding carboxylic acids is 3. The second-order valence-corrected chi connectivity index (χ2v) is 15.5. The van der Waals surface area contributed by atoms with Crippen LogP contribution in [0.5, 0.6) is 0 Å². The average molecular weight is 825 g/mol. The number of morpholine rings is 1. The van der Waals surface area contributed by atoms with E-state index in [0.29, 0.717) is 117 Å². The molecule has 0 aromatic heterocycles. The van der Waals surface area contributed by atoms with Crippen LogP contribution in [0.15, 0.2) is 107 Å². The summed E-state index contributed by atoms with van der Waals surface area (Å²) in [7, 11) is 0. The molecule has 8 bridgehead atoms. The van der Waals surface area contributed by atoms with Crippen molar-refractivity contribution in [1.29, 1.82) is 0 Å². The molecule has 3 fully saturated rings. The molecule has 0 unspecified atom stereocenters. The number of nitrogens with one attached hydrogen (secondary N) is 2. The van der Waals surface area contributed by atoms with E-state index in [1.807, 2.05) is 45.9 Å². The fourth-order valence-electron chi connectivity index (χ4n) is 8.49. The molecule has 320 valence electrons. The number of hydrogen-bond donors (Lipinski definition) is 4. The SMILES string of the molecule is CCC1=C(C)C2=CC3=NC(=C(C)C3=CNOCCOCCN)C=C3NC(=C4C(=O)N(CCN5CCOCC5)C(=O)C5=C(C)C(=CC1=N2)N=C54)[C@@H](CCC(=O)OCCO)[C@@H]3C. The van der Waals surface area contributed by atoms with Gasteiger partial charge in [0.05, 0.1) is 85.0 Å². The molecular weight excluding hydrogens is 769 g/mol. The Balaban J connectivity index is 1.38. The maximum Gasteiger partial charge on any atom is 0.305 e. The summed E-state index contributed by atoms with van der Waals surface area (Å²) in [4.78, 5) is 66.9. The summed E-state index contributed by atoms with van der Waals surface area (Å²) in [5.41, 5.74) is 18.7. The van der Waals surface area contributed by atoms with Crippen LogP contribution < -0.4 is 16.5 Å². The van der Waals surface area contributed by atoms with E-state index in [1.165, 1.54) is 4.90 Å². The predicted octanol–water partition coefficient (Wildman–Crippen LogP) is 2.84. The van der Waals surface area contributed by atoms with Crippen LogP contribution in [0.1, 0.15) is 53.9 Å². The van der Waals surface area contributed by atoms with Crippen LogP contribution in [-0.2, 0) is 33.4 Å². The van der Waals surface area contributed by atoms with Crippen LogP contribution in [0.25, 0.3) is 0 Å². The monoisotopic (exact) mass is 824 g/mol. The molecule has 2 amide bonds. The zero-order valence-corrected chi connectivity index (χ0v) is 35.2. The summed E-state index contributed by atoms with van der Waals surface area (Å²) in [5.74, 6) is -1.86. The van der Waals surface area contributed by atoms with Gasteiger partial charge in [-0.05, 0) is 74.1 Å². The largest absolute Gasteiger partial charge is 0.463 e. The van der Waals surface area contributed by atoms with Crippen molar-refractivity contribution in [2.45, 2.75) is 53.9 Å². The first-order chi connectivity index (χ1) is 29.1. The van der Waals surface area contributed by atoms with Gasteiger partial charge in [0.15, 0.2) is 0 Å². The molecule has 0 aliphatic carbocycles. The second-order valence-electron chi connectivity index (χ2n) is 15.5. The van der Waals surface area contributed by atoms with Gasteiger partial charge in [-0.2, -0.15) is 0 Å². The second kappa shape index (κ2) is 19.1. The van der Waals surface area contributed by atoms with Crippen molar-refractivity contribution in [2.24, 2.45) is 32.5 Å². The predicted molar refractivity (Wildman–Crippen MR) is 226 cm³/mol. The van der Waals surface area contributed by atoms with Crippen molar-refractivity contribution in [3.63, 3.8) is 0 Å². The number of aliphatic hydroxyl groups is 1. The number of nitrogens with two attached hydrogens (primary N) is 1. The van der Waals surface area contributed by atoms with E-state index in [0.717, 1.165) is 39.4 Å². The Labute approximate surface area is 350 Å². The Morgan fingerprint density at radius 1 is 0.967 bits per heavy atom. The van der Waals surface area contributed by atoms with Gasteiger partial charge < -0.3 is 30.4 Å². The minimum absolute atomic E-state index is 0.0483. The first kappa shape index (κ1) is 43.0. The lowest BCUT2D eigenvalue weighted by Crippen LogP contribution is -2.51. The van der Waals surface area contributed by atoms with Crippen molar-refractivity contribution >= 4 is 34.9 Å². The number of likely N-dealkylation sites (tertiary alicyclic amines) is 1. The van der Waals surface area contributed by atoms with E-state index >= 15 is 0 Å². The van der Waals surface area contributed by atoms with E-state index in [9.17, 15) is 19.5 Å². The van der Waals surface area contributed by atoms with Gasteiger partial charge in [-0.25, -0.2) is 15.0 Å². The number of fused-ring (bicyclic) bond motifs is 5. The van der Waals surface area contributed by atoms with Gasteiger partial charge in [-0.3, -0.25) is 34.5 Å². The number of piperidine rings is 1. The topological polar surface area (TPSA) is 202 Å². The molecule has 0 spiro atoms. The van der Waals surface area contributed by atoms with Gasteiger partial charge >= 0.3 is 5.97 Å². The highest BCUT2D eigenvalue weighted by Crippen LogP contribution is 2.44. The number of imide groups is 1. The smallest absolute Gasteiger partial charge is 0.305 e. The number of esters is 1. The van der Waals surface area contributed by atoms with Gasteiger partial charge in [-0.1, -0.05) is 13.8 Å². The molecule has 0 aromatic rings. The Kier molecular flexibility index (Phi) is 13.7. The number of hydrogen-bond acceptors (Lipinski definition) is 15. The lowest BCUT2D eigenvalue weighted by atomic mass is 9.83. The molecular formula is C44H56N8O8. The number of aliphatic imine (C=N–C) groups is 3. The normalized spacial score (nSPS) is 23.6. The van der Waals surface area contributed by atoms with Crippen molar-refractivity contribution in [1.82, 2.24) is 20.6 Å². The lowest BCUT2D eigenvalue weighted by molar-refractivity contribution is -0.145. The van der Waals surface area contributed by atoms with Crippen molar-refractivity contribution in [3.8, 4) is 0 Å². The van der Waals surface area contributed by atoms with Gasteiger partial charge in [0.2, 0.25) is 0 Å². The Morgan fingerprint density at radius 3 is 2.47 bits per heavy atom. The number of nitrogens with zero attached hydrogens (tertiary/aromatic N) is 5. The minimum atomic E-state index is -0.452. The summed E-state index contributed by atoms with van der Waals surface area (Å²) in [6, 6.07) is 0. The van der Waals surface area contributed by atoms with Crippen LogP contribution in [0.4, 0.5) is 0 Å². The van der Waals surface area contributed by atoms with Gasteiger partial charge in [0.1, 0.15) is 6.61 Å². The van der Waals surface area contributed by atoms with E-state index in [4.69, 9.17) is 39.8 Å². The average Bonchev–Trinajstić information content (AvgIpc) is 3.92. The maximum atomic E-state index is 15.0. The first-order valence-electron chi connectivity index (χ1n) is 20.9. The van der Waals surface area contributed by atoms with Crippen LogP contribution in [0.2, 0.25) is 0 Å². The Bertz CT molecular complexity index is 2160. The number of aliphatic hydroxyl groups excluding tert-OH is 1. The summed E-state index contributed by atoms with van der Waals surface area (Å²) in [5, 5.41) is 12.9. The van der Waals surface area contributed by atoms with Crippen LogP contribution in [0.3, 0.4) is 0 Å². The fraction of sp³-hybridized carbons (Fsp3) is 0.500. The molecule has 0 radical (unpaired) electrons. The molecule has 7 aliphatic heterocycles. The minimum Gasteiger partial charge on any atom is -0.463 e. The molecule has 0 aromatic carbocycles. The zero-order valence-electron chi connectivity index (χ0n) is 35.2. The highest BCUT2D eigenvalue weighted by atomic mass is 16.7. The summed E-state index contributed by atoms with van der Waals surface area (Å²) < 4.78 is 16.2. The van der Waals surface area contributed by atoms with Crippen molar-refractivity contribution in [3.05, 3.63) is 91.9 Å². The maximum absolute atomic E-state index is 15.0. The highest BCUT2D eigenvalue weighted by Gasteiger charge is 2.47. The molecule has 16 nitrogen and oxygen atoms in total. The third-order valence-electron chi connectivity index (χ3n) is 11.9. The number of amides is 2. The van der Waals surface area contributed by atoms with Crippen molar-refractivity contribution in [2.75, 3.05) is 79.0 Å². The number of carbonyl (C=O) groups is 3. The fourth-order valence-corrected chi connectivity index (χ4v) is 8.49. The molecule has 2 atom stereocenters. The molecule has 16 heteroatoms. The molecule has 7 rings (SSSR count). The Morgan fingerprint density at radius 2 is 1.72 bits per heavy atom. The molecule has 7 heterocycles. The Hall–Kier alpha value is -5.10. The lowest BCUT2D eigenvalue weighted by Gasteiger charge is -2.33. The number of allylic oxidation sites excluding steroid dienone is 10. The first-order valence-corrected chi connectivity index (χ1v) is 20.9. The van der Waals surface area contributed by atoms with Gasteiger partial charge in [0.25, 0.3) is 11.8 Å². The van der Waals surface area contributed by atoms with Gasteiger partial charge in [-0.15, -0.1) is 0 Å². The zero-order chi connectivity index (χ0) is 42.5. The molecule has 0 saturated carbocycles. The van der Waals surface area contributed by atoms with Crippen LogP contribution in [0, 0.1) is 11.8 Å². The quantitative estimate of drug-likeness (QED) is 0.0769. The summed E-state index contributed by atoms with van der Waals surface area (Å²) >= 11 is 0. The number of hydroxylamine groups is 1. The molecule has 7 aliphatic rings. The van der Waals surface area contributed by atoms with E-state index in [-0.39, 0.29) is 43.9 Å².